The largest absolute Gasteiger partial charge is 0.391 e. The van der Waals surface area contributed by atoms with Gasteiger partial charge >= 0.3 is 0 Å². The van der Waals surface area contributed by atoms with E-state index in [1.54, 1.807) is 11.8 Å². The molecule has 5 heteroatoms. The second kappa shape index (κ2) is 10.8. The third-order valence-electron chi connectivity index (χ3n) is 2.86. The number of benzene rings is 1. The van der Waals surface area contributed by atoms with Gasteiger partial charge in [-0.25, -0.2) is 0 Å². The summed E-state index contributed by atoms with van der Waals surface area (Å²) in [5, 5.41) is 10.7. The first-order valence-electron chi connectivity index (χ1n) is 6.38. The Hall–Kier alpha value is 0.0700. The number of hydrogen-bond donors (Lipinski definition) is 1. The van der Waals surface area contributed by atoms with E-state index in [4.69, 9.17) is 11.6 Å². The van der Waals surface area contributed by atoms with Gasteiger partial charge in [-0.2, -0.15) is 11.8 Å². The number of likely N-dealkylation sites (N-methyl/N-ethyl adjacent to an activating group) is 1. The van der Waals surface area contributed by atoms with Gasteiger partial charge in [0.15, 0.2) is 0 Å². The van der Waals surface area contributed by atoms with Gasteiger partial charge in [0.05, 0.1) is 6.10 Å². The summed E-state index contributed by atoms with van der Waals surface area (Å²) in [4.78, 5) is 2.24. The Morgan fingerprint density at radius 3 is 2.32 bits per heavy atom. The molecule has 0 fully saturated rings. The lowest BCUT2D eigenvalue weighted by Crippen LogP contribution is -2.33. The van der Waals surface area contributed by atoms with E-state index in [0.29, 0.717) is 0 Å². The minimum absolute atomic E-state index is 0. The number of aliphatic hydroxyl groups excluding tert-OH is 1. The van der Waals surface area contributed by atoms with Crippen molar-refractivity contribution in [2.45, 2.75) is 25.7 Å². The summed E-state index contributed by atoms with van der Waals surface area (Å²) in [5.41, 5.74) is 1.25. The molecule has 0 aliphatic rings. The van der Waals surface area contributed by atoms with Crippen molar-refractivity contribution in [3.05, 3.63) is 34.9 Å². The molecule has 0 aliphatic heterocycles. The molecule has 1 N–H and O–H groups in total. The van der Waals surface area contributed by atoms with Crippen LogP contribution in [0, 0.1) is 0 Å². The molecule has 2 nitrogen and oxygen atoms in total. The molecule has 0 amide bonds. The molecule has 1 rings (SSSR count). The molecule has 0 aromatic heterocycles. The lowest BCUT2D eigenvalue weighted by molar-refractivity contribution is 0.137. The predicted octanol–water partition coefficient (Wildman–Crippen LogP) is 3.70. The van der Waals surface area contributed by atoms with E-state index in [2.05, 4.69) is 18.7 Å². The second-order valence-electron chi connectivity index (χ2n) is 4.28. The zero-order valence-electron chi connectivity index (χ0n) is 11.5. The summed E-state index contributed by atoms with van der Waals surface area (Å²) < 4.78 is 0. The summed E-state index contributed by atoms with van der Waals surface area (Å²) in [5.74, 6) is 1.70. The van der Waals surface area contributed by atoms with Crippen LogP contribution in [-0.2, 0) is 5.75 Å². The van der Waals surface area contributed by atoms with E-state index in [-0.39, 0.29) is 18.5 Å². The zero-order chi connectivity index (χ0) is 13.4. The van der Waals surface area contributed by atoms with E-state index >= 15 is 0 Å². The fraction of sp³-hybridized carbons (Fsp3) is 0.571. The molecular weight excluding hydrogens is 301 g/mol. The Morgan fingerprint density at radius 2 is 1.79 bits per heavy atom. The Morgan fingerprint density at radius 1 is 1.21 bits per heavy atom. The molecule has 1 aromatic rings. The van der Waals surface area contributed by atoms with Crippen LogP contribution in [0.3, 0.4) is 0 Å². The average molecular weight is 324 g/mol. The van der Waals surface area contributed by atoms with Crippen molar-refractivity contribution < 1.29 is 5.11 Å². The first-order chi connectivity index (χ1) is 8.65. The van der Waals surface area contributed by atoms with Gasteiger partial charge < -0.3 is 10.0 Å². The minimum Gasteiger partial charge on any atom is -0.391 e. The minimum atomic E-state index is -0.248. The van der Waals surface area contributed by atoms with Gasteiger partial charge in [0, 0.05) is 23.1 Å². The molecule has 1 unspecified atom stereocenters. The second-order valence-corrected chi connectivity index (χ2v) is 5.75. The quantitative estimate of drug-likeness (QED) is 0.789. The van der Waals surface area contributed by atoms with Crippen molar-refractivity contribution in [1.29, 1.82) is 0 Å². The molecule has 0 saturated carbocycles. The van der Waals surface area contributed by atoms with Crippen molar-refractivity contribution in [3.8, 4) is 0 Å². The SMILES string of the molecule is CCN(CC)CC(O)CSCc1ccc(Cl)cc1.Cl. The molecule has 0 heterocycles. The van der Waals surface area contributed by atoms with Crippen LogP contribution < -0.4 is 0 Å². The Labute approximate surface area is 131 Å². The Bertz CT molecular complexity index is 331. The fourth-order valence-electron chi connectivity index (χ4n) is 1.73. The Balaban J connectivity index is 0.00000324. The van der Waals surface area contributed by atoms with Crippen LogP contribution in [0.2, 0.25) is 5.02 Å². The maximum atomic E-state index is 9.92. The standard InChI is InChI=1S/C14H22ClNOS.ClH/c1-3-16(4-2)9-14(17)11-18-10-12-5-7-13(15)8-6-12;/h5-8,14,17H,3-4,9-11H2,1-2H3;1H. The fourth-order valence-corrected chi connectivity index (χ4v) is 2.78. The molecule has 0 bridgehead atoms. The van der Waals surface area contributed by atoms with Crippen LogP contribution in [0.1, 0.15) is 19.4 Å². The highest BCUT2D eigenvalue weighted by molar-refractivity contribution is 7.98. The van der Waals surface area contributed by atoms with Gasteiger partial charge in [-0.1, -0.05) is 37.6 Å². The van der Waals surface area contributed by atoms with E-state index in [9.17, 15) is 5.11 Å². The van der Waals surface area contributed by atoms with Gasteiger partial charge in [-0.15, -0.1) is 12.4 Å². The van der Waals surface area contributed by atoms with Gasteiger partial charge in [0.25, 0.3) is 0 Å². The van der Waals surface area contributed by atoms with Gasteiger partial charge in [-0.3, -0.25) is 0 Å². The highest BCUT2D eigenvalue weighted by atomic mass is 35.5. The Kier molecular flexibility index (Phi) is 10.8. The van der Waals surface area contributed by atoms with E-state index < -0.39 is 0 Å². The third-order valence-corrected chi connectivity index (χ3v) is 4.27. The summed E-state index contributed by atoms with van der Waals surface area (Å²) in [6, 6.07) is 7.88. The van der Waals surface area contributed by atoms with Crippen molar-refractivity contribution in [2.75, 3.05) is 25.4 Å². The van der Waals surface area contributed by atoms with Crippen molar-refractivity contribution in [3.63, 3.8) is 0 Å². The maximum absolute atomic E-state index is 9.92. The van der Waals surface area contributed by atoms with Gasteiger partial charge in [0.2, 0.25) is 0 Å². The summed E-state index contributed by atoms with van der Waals surface area (Å²) >= 11 is 7.60. The van der Waals surface area contributed by atoms with Crippen LogP contribution in [0.4, 0.5) is 0 Å². The number of nitrogens with zero attached hydrogens (tertiary/aromatic N) is 1. The number of thioether (sulfide) groups is 1. The molecule has 110 valence electrons. The zero-order valence-corrected chi connectivity index (χ0v) is 13.9. The first kappa shape index (κ1) is 19.1. The number of hydrogen-bond acceptors (Lipinski definition) is 3. The molecule has 0 spiro atoms. The highest BCUT2D eigenvalue weighted by Crippen LogP contribution is 2.16. The smallest absolute Gasteiger partial charge is 0.0757 e. The van der Waals surface area contributed by atoms with Crippen molar-refractivity contribution in [2.24, 2.45) is 0 Å². The van der Waals surface area contributed by atoms with Crippen molar-refractivity contribution >= 4 is 35.8 Å². The third kappa shape index (κ3) is 8.05. The predicted molar refractivity (Wildman–Crippen MR) is 88.7 cm³/mol. The lowest BCUT2D eigenvalue weighted by atomic mass is 10.2. The van der Waals surface area contributed by atoms with Crippen LogP contribution in [0.5, 0.6) is 0 Å². The lowest BCUT2D eigenvalue weighted by Gasteiger charge is -2.21. The molecule has 19 heavy (non-hydrogen) atoms. The summed E-state index contributed by atoms with van der Waals surface area (Å²) in [6.07, 6.45) is -0.248. The topological polar surface area (TPSA) is 23.5 Å². The monoisotopic (exact) mass is 323 g/mol. The van der Waals surface area contributed by atoms with Crippen LogP contribution in [0.25, 0.3) is 0 Å². The van der Waals surface area contributed by atoms with E-state index in [1.807, 2.05) is 24.3 Å². The number of aliphatic hydroxyl groups is 1. The normalized spacial score (nSPS) is 12.3. The van der Waals surface area contributed by atoms with Gasteiger partial charge in [0.1, 0.15) is 0 Å². The maximum Gasteiger partial charge on any atom is 0.0757 e. The van der Waals surface area contributed by atoms with E-state index in [0.717, 1.165) is 36.2 Å². The van der Waals surface area contributed by atoms with Crippen LogP contribution >= 0.6 is 35.8 Å². The molecule has 1 atom stereocenters. The van der Waals surface area contributed by atoms with Crippen LogP contribution in [0.15, 0.2) is 24.3 Å². The number of halogens is 2. The first-order valence-corrected chi connectivity index (χ1v) is 7.91. The highest BCUT2D eigenvalue weighted by Gasteiger charge is 2.08. The molecule has 0 aliphatic carbocycles. The van der Waals surface area contributed by atoms with Gasteiger partial charge in [-0.05, 0) is 30.8 Å². The molecular formula is C14H23Cl2NOS. The number of rotatable bonds is 8. The van der Waals surface area contributed by atoms with Crippen LogP contribution in [-0.4, -0.2) is 41.5 Å². The molecule has 0 saturated heterocycles. The molecule has 0 radical (unpaired) electrons. The summed E-state index contributed by atoms with van der Waals surface area (Å²) in [7, 11) is 0. The summed E-state index contributed by atoms with van der Waals surface area (Å²) in [6.45, 7) is 7.00. The van der Waals surface area contributed by atoms with E-state index in [1.165, 1.54) is 5.56 Å². The molecule has 1 aromatic carbocycles. The van der Waals surface area contributed by atoms with Crippen molar-refractivity contribution in [1.82, 2.24) is 4.90 Å². The average Bonchev–Trinajstić information content (AvgIpc) is 2.38.